The van der Waals surface area contributed by atoms with Crippen molar-refractivity contribution >= 4 is 32.6 Å². The number of carbonyl (C=O) groups is 1. The van der Waals surface area contributed by atoms with Gasteiger partial charge in [-0.1, -0.05) is 0 Å². The first-order chi connectivity index (χ1) is 15.5. The van der Waals surface area contributed by atoms with Crippen LogP contribution in [0.3, 0.4) is 0 Å². The molecule has 2 aromatic carbocycles. The van der Waals surface area contributed by atoms with Crippen LogP contribution < -0.4 is 9.64 Å². The summed E-state index contributed by atoms with van der Waals surface area (Å²) in [5, 5.41) is 0.892. The van der Waals surface area contributed by atoms with E-state index in [4.69, 9.17) is 9.15 Å². The summed E-state index contributed by atoms with van der Waals surface area (Å²) in [6.45, 7) is 1.77. The van der Waals surface area contributed by atoms with Crippen LogP contribution in [0.15, 0.2) is 52.0 Å². The van der Waals surface area contributed by atoms with Gasteiger partial charge in [0.25, 0.3) is 0 Å². The fourth-order valence-electron chi connectivity index (χ4n) is 4.66. The Morgan fingerprint density at radius 1 is 1.06 bits per heavy atom. The maximum absolute atomic E-state index is 13.2. The summed E-state index contributed by atoms with van der Waals surface area (Å²) >= 11 is 0. The zero-order valence-electron chi connectivity index (χ0n) is 18.0. The molecule has 0 spiro atoms. The first kappa shape index (κ1) is 21.0. The molecule has 0 bridgehead atoms. The molecule has 0 saturated carbocycles. The molecule has 8 heteroatoms. The Kier molecular flexibility index (Phi) is 5.43. The predicted molar refractivity (Wildman–Crippen MR) is 122 cm³/mol. The molecular formula is C24H26N2O5S. The monoisotopic (exact) mass is 454 g/mol. The highest BCUT2D eigenvalue weighted by atomic mass is 32.2. The van der Waals surface area contributed by atoms with Crippen LogP contribution in [0.2, 0.25) is 0 Å². The van der Waals surface area contributed by atoms with Crippen LogP contribution in [0.4, 0.5) is 5.69 Å². The minimum absolute atomic E-state index is 0.0281. The van der Waals surface area contributed by atoms with E-state index in [1.165, 1.54) is 0 Å². The van der Waals surface area contributed by atoms with Crippen molar-refractivity contribution in [3.63, 3.8) is 0 Å². The van der Waals surface area contributed by atoms with Crippen molar-refractivity contribution in [2.45, 2.75) is 37.0 Å². The molecule has 1 fully saturated rings. The largest absolute Gasteiger partial charge is 0.497 e. The van der Waals surface area contributed by atoms with Gasteiger partial charge in [0.1, 0.15) is 11.3 Å². The molecule has 0 aliphatic carbocycles. The van der Waals surface area contributed by atoms with Crippen molar-refractivity contribution in [1.82, 2.24) is 4.31 Å². The van der Waals surface area contributed by atoms with Crippen LogP contribution in [0.1, 0.15) is 30.4 Å². The highest BCUT2D eigenvalue weighted by Crippen LogP contribution is 2.32. The Hall–Kier alpha value is -2.84. The van der Waals surface area contributed by atoms with Crippen LogP contribution in [-0.4, -0.2) is 45.4 Å². The third-order valence-electron chi connectivity index (χ3n) is 6.38. The number of hydrogen-bond acceptors (Lipinski definition) is 5. The van der Waals surface area contributed by atoms with Gasteiger partial charge in [-0.2, -0.15) is 4.31 Å². The standard InChI is InChI=1S/C24H26N2O5S/c1-30-19-6-8-21-18(16-31-23(21)15-19)14-24(27)26-12-4-5-17-13-20(7-9-22(17)26)32(28,29)25-10-2-3-11-25/h6-9,13,15-16H,2-5,10-12,14H2,1H3. The van der Waals surface area contributed by atoms with Gasteiger partial charge >= 0.3 is 0 Å². The second kappa shape index (κ2) is 8.26. The fraction of sp³-hybridized carbons (Fsp3) is 0.375. The van der Waals surface area contributed by atoms with Crippen LogP contribution in [0, 0.1) is 0 Å². The minimum atomic E-state index is -3.47. The number of amides is 1. The van der Waals surface area contributed by atoms with E-state index in [0.29, 0.717) is 35.9 Å². The lowest BCUT2D eigenvalue weighted by Crippen LogP contribution is -2.36. The minimum Gasteiger partial charge on any atom is -0.497 e. The van der Waals surface area contributed by atoms with Crippen molar-refractivity contribution < 1.29 is 22.4 Å². The van der Waals surface area contributed by atoms with Gasteiger partial charge in [0.05, 0.1) is 24.7 Å². The summed E-state index contributed by atoms with van der Waals surface area (Å²) in [4.78, 5) is 15.3. The third kappa shape index (κ3) is 3.67. The third-order valence-corrected chi connectivity index (χ3v) is 8.27. The van der Waals surface area contributed by atoms with E-state index < -0.39 is 10.0 Å². The molecule has 32 heavy (non-hydrogen) atoms. The van der Waals surface area contributed by atoms with E-state index in [2.05, 4.69) is 0 Å². The Morgan fingerprint density at radius 2 is 1.88 bits per heavy atom. The quantitative estimate of drug-likeness (QED) is 0.587. The number of ether oxygens (including phenoxy) is 1. The topological polar surface area (TPSA) is 80.1 Å². The Labute approximate surface area is 187 Å². The average Bonchev–Trinajstić information content (AvgIpc) is 3.49. The second-order valence-corrected chi connectivity index (χ2v) is 10.3. The van der Waals surface area contributed by atoms with E-state index in [0.717, 1.165) is 47.9 Å². The predicted octanol–water partition coefficient (Wildman–Crippen LogP) is 3.75. The van der Waals surface area contributed by atoms with E-state index in [9.17, 15) is 13.2 Å². The van der Waals surface area contributed by atoms with Crippen LogP contribution >= 0.6 is 0 Å². The van der Waals surface area contributed by atoms with Gasteiger partial charge in [-0.05, 0) is 61.6 Å². The van der Waals surface area contributed by atoms with E-state index in [-0.39, 0.29) is 12.3 Å². The number of rotatable bonds is 5. The van der Waals surface area contributed by atoms with E-state index >= 15 is 0 Å². The van der Waals surface area contributed by atoms with Gasteiger partial charge in [0.2, 0.25) is 15.9 Å². The van der Waals surface area contributed by atoms with Gasteiger partial charge < -0.3 is 14.1 Å². The molecule has 3 aromatic rings. The van der Waals surface area contributed by atoms with Gasteiger partial charge in [0, 0.05) is 42.3 Å². The molecule has 5 rings (SSSR count). The molecule has 2 aliphatic heterocycles. The van der Waals surface area contributed by atoms with E-state index in [1.54, 1.807) is 40.8 Å². The maximum atomic E-state index is 13.2. The molecule has 3 heterocycles. The number of nitrogens with zero attached hydrogens (tertiary/aromatic N) is 2. The van der Waals surface area contributed by atoms with E-state index in [1.807, 2.05) is 18.2 Å². The first-order valence-corrected chi connectivity index (χ1v) is 12.4. The maximum Gasteiger partial charge on any atom is 0.243 e. The Morgan fingerprint density at radius 3 is 2.66 bits per heavy atom. The highest BCUT2D eigenvalue weighted by Gasteiger charge is 2.30. The average molecular weight is 455 g/mol. The lowest BCUT2D eigenvalue weighted by atomic mass is 10.0. The molecule has 0 atom stereocenters. The Balaban J connectivity index is 1.40. The first-order valence-electron chi connectivity index (χ1n) is 10.9. The molecule has 1 saturated heterocycles. The van der Waals surface area contributed by atoms with Crippen molar-refractivity contribution in [2.24, 2.45) is 0 Å². The molecule has 0 unspecified atom stereocenters. The van der Waals surface area contributed by atoms with Crippen LogP contribution in [0.25, 0.3) is 11.0 Å². The van der Waals surface area contributed by atoms with Crippen molar-refractivity contribution in [3.05, 3.63) is 53.8 Å². The summed E-state index contributed by atoms with van der Waals surface area (Å²) in [6.07, 6.45) is 5.21. The number of hydrogen-bond donors (Lipinski definition) is 0. The lowest BCUT2D eigenvalue weighted by molar-refractivity contribution is -0.118. The smallest absolute Gasteiger partial charge is 0.243 e. The fourth-order valence-corrected chi connectivity index (χ4v) is 6.22. The lowest BCUT2D eigenvalue weighted by Gasteiger charge is -2.30. The molecule has 7 nitrogen and oxygen atoms in total. The summed E-state index contributed by atoms with van der Waals surface area (Å²) < 4.78 is 38.3. The number of aryl methyl sites for hydroxylation is 1. The zero-order valence-corrected chi connectivity index (χ0v) is 18.9. The molecule has 0 N–H and O–H groups in total. The van der Waals surface area contributed by atoms with Gasteiger partial charge in [-0.25, -0.2) is 8.42 Å². The van der Waals surface area contributed by atoms with Crippen LogP contribution in [-0.2, 0) is 27.7 Å². The number of methoxy groups -OCH3 is 1. The number of furan rings is 1. The van der Waals surface area contributed by atoms with Crippen molar-refractivity contribution in [2.75, 3.05) is 31.6 Å². The van der Waals surface area contributed by atoms with Gasteiger partial charge in [-0.3, -0.25) is 4.79 Å². The number of benzene rings is 2. The summed E-state index contributed by atoms with van der Waals surface area (Å²) in [5.74, 6) is 0.675. The van der Waals surface area contributed by atoms with Crippen LogP contribution in [0.5, 0.6) is 5.75 Å². The number of fused-ring (bicyclic) bond motifs is 2. The summed E-state index contributed by atoms with van der Waals surface area (Å²) in [7, 11) is -1.87. The molecule has 1 amide bonds. The molecule has 168 valence electrons. The summed E-state index contributed by atoms with van der Waals surface area (Å²) in [6, 6.07) is 10.7. The highest BCUT2D eigenvalue weighted by molar-refractivity contribution is 7.89. The number of carbonyl (C=O) groups excluding carboxylic acids is 1. The molecule has 1 aromatic heterocycles. The second-order valence-electron chi connectivity index (χ2n) is 8.35. The molecular weight excluding hydrogens is 428 g/mol. The van der Waals surface area contributed by atoms with Gasteiger partial charge in [-0.15, -0.1) is 0 Å². The van der Waals surface area contributed by atoms with Crippen molar-refractivity contribution in [1.29, 1.82) is 0 Å². The van der Waals surface area contributed by atoms with Gasteiger partial charge in [0.15, 0.2) is 0 Å². The van der Waals surface area contributed by atoms with Crippen molar-refractivity contribution in [3.8, 4) is 5.75 Å². The normalized spacial score (nSPS) is 17.0. The zero-order chi connectivity index (χ0) is 22.3. The number of sulfonamides is 1. The molecule has 2 aliphatic rings. The number of anilines is 1. The molecule has 0 radical (unpaired) electrons. The summed E-state index contributed by atoms with van der Waals surface area (Å²) in [5.41, 5.74) is 3.22. The SMILES string of the molecule is COc1ccc2c(CC(=O)N3CCCc4cc(S(=O)(=O)N5CCCC5)ccc43)coc2c1. The Bertz CT molecular complexity index is 1270.